The summed E-state index contributed by atoms with van der Waals surface area (Å²) in [6.07, 6.45) is 3.87. The Morgan fingerprint density at radius 2 is 2.50 bits per heavy atom. The third-order valence-corrected chi connectivity index (χ3v) is 2.05. The van der Waals surface area contributed by atoms with Crippen LogP contribution in [0.5, 0.6) is 0 Å². The molecule has 0 bridgehead atoms. The Morgan fingerprint density at radius 3 is 3.17 bits per heavy atom. The van der Waals surface area contributed by atoms with E-state index in [0.29, 0.717) is 0 Å². The molecule has 0 atom stereocenters. The zero-order chi connectivity index (χ0) is 8.81. The van der Waals surface area contributed by atoms with Gasteiger partial charge in [0.1, 0.15) is 5.82 Å². The number of aryl methyl sites for hydroxylation is 1. The Morgan fingerprint density at radius 1 is 1.67 bits per heavy atom. The first kappa shape index (κ1) is 9.19. The molecule has 0 aliphatic carbocycles. The second kappa shape index (κ2) is 4.87. The fraction of sp³-hybridized carbons (Fsp3) is 0.500. The van der Waals surface area contributed by atoms with Gasteiger partial charge in [0.2, 0.25) is 5.13 Å². The van der Waals surface area contributed by atoms with E-state index in [-0.39, 0.29) is 0 Å². The fourth-order valence-electron chi connectivity index (χ4n) is 0.810. The maximum Gasteiger partial charge on any atom is 0.202 e. The summed E-state index contributed by atoms with van der Waals surface area (Å²) in [5.74, 6) is 0.939. The van der Waals surface area contributed by atoms with Crippen molar-refractivity contribution in [3.8, 4) is 0 Å². The largest absolute Gasteiger partial charge is 0.357 e. The predicted octanol–water partition coefficient (Wildman–Crippen LogP) is 2.09. The van der Waals surface area contributed by atoms with Crippen molar-refractivity contribution in [1.29, 1.82) is 0 Å². The van der Waals surface area contributed by atoms with Crippen LogP contribution in [-0.4, -0.2) is 15.9 Å². The number of anilines is 1. The van der Waals surface area contributed by atoms with Gasteiger partial charge >= 0.3 is 0 Å². The van der Waals surface area contributed by atoms with Gasteiger partial charge < -0.3 is 5.32 Å². The molecule has 0 aliphatic rings. The first-order valence-corrected chi connectivity index (χ1v) is 4.81. The third-order valence-electron chi connectivity index (χ3n) is 1.34. The number of hydrogen-bond acceptors (Lipinski definition) is 4. The monoisotopic (exact) mass is 183 g/mol. The van der Waals surface area contributed by atoms with Crippen molar-refractivity contribution < 1.29 is 0 Å². The lowest BCUT2D eigenvalue weighted by Gasteiger charge is -1.93. The van der Waals surface area contributed by atoms with Crippen LogP contribution in [-0.2, 0) is 6.42 Å². The SMILES string of the molecule is C=CCNc1nc(CCC)ns1. The second-order valence-corrected chi connectivity index (χ2v) is 3.19. The molecule has 0 unspecified atom stereocenters. The number of rotatable bonds is 5. The van der Waals surface area contributed by atoms with E-state index in [1.165, 1.54) is 11.5 Å². The summed E-state index contributed by atoms with van der Waals surface area (Å²) in [4.78, 5) is 4.29. The Bertz CT molecular complexity index is 244. The second-order valence-electron chi connectivity index (χ2n) is 2.44. The molecule has 1 heterocycles. The highest BCUT2D eigenvalue weighted by Crippen LogP contribution is 2.11. The van der Waals surface area contributed by atoms with E-state index in [1.807, 2.05) is 0 Å². The molecule has 1 N–H and O–H groups in total. The van der Waals surface area contributed by atoms with Gasteiger partial charge in [0.05, 0.1) is 0 Å². The highest BCUT2D eigenvalue weighted by Gasteiger charge is 2.00. The van der Waals surface area contributed by atoms with E-state index in [2.05, 4.69) is 28.2 Å². The summed E-state index contributed by atoms with van der Waals surface area (Å²) in [5, 5.41) is 3.99. The minimum Gasteiger partial charge on any atom is -0.357 e. The molecule has 66 valence electrons. The average molecular weight is 183 g/mol. The number of nitrogens with one attached hydrogen (secondary N) is 1. The van der Waals surface area contributed by atoms with Crippen molar-refractivity contribution in [1.82, 2.24) is 9.36 Å². The normalized spacial score (nSPS) is 9.75. The molecule has 12 heavy (non-hydrogen) atoms. The molecule has 0 saturated heterocycles. The summed E-state index contributed by atoms with van der Waals surface area (Å²) < 4.78 is 4.19. The molecule has 0 fully saturated rings. The first-order valence-electron chi connectivity index (χ1n) is 4.04. The Labute approximate surface area is 76.7 Å². The molecule has 0 amide bonds. The molecule has 1 aromatic heterocycles. The van der Waals surface area contributed by atoms with Gasteiger partial charge in [-0.25, -0.2) is 4.98 Å². The predicted molar refractivity (Wildman–Crippen MR) is 52.6 cm³/mol. The van der Waals surface area contributed by atoms with E-state index >= 15 is 0 Å². The smallest absolute Gasteiger partial charge is 0.202 e. The van der Waals surface area contributed by atoms with Gasteiger partial charge in [-0.2, -0.15) is 4.37 Å². The van der Waals surface area contributed by atoms with E-state index in [1.54, 1.807) is 6.08 Å². The average Bonchev–Trinajstić information content (AvgIpc) is 2.50. The summed E-state index contributed by atoms with van der Waals surface area (Å²) >= 11 is 1.41. The van der Waals surface area contributed by atoms with Crippen LogP contribution >= 0.6 is 11.5 Å². The summed E-state index contributed by atoms with van der Waals surface area (Å²) in [7, 11) is 0. The van der Waals surface area contributed by atoms with Gasteiger partial charge in [0, 0.05) is 24.5 Å². The van der Waals surface area contributed by atoms with Crippen molar-refractivity contribution in [2.75, 3.05) is 11.9 Å². The molecule has 4 heteroatoms. The molecular formula is C8H13N3S. The standard InChI is InChI=1S/C8H13N3S/c1-3-5-7-10-8(12-11-7)9-6-4-2/h4H,2-3,5-6H2,1H3,(H,9,10,11). The fourth-order valence-corrected chi connectivity index (χ4v) is 1.43. The molecule has 1 rings (SSSR count). The maximum atomic E-state index is 4.29. The van der Waals surface area contributed by atoms with E-state index in [0.717, 1.165) is 30.3 Å². The van der Waals surface area contributed by atoms with Crippen LogP contribution in [0.15, 0.2) is 12.7 Å². The zero-order valence-electron chi connectivity index (χ0n) is 7.21. The molecule has 0 aromatic carbocycles. The van der Waals surface area contributed by atoms with Crippen LogP contribution in [0.3, 0.4) is 0 Å². The number of nitrogens with zero attached hydrogens (tertiary/aromatic N) is 2. The van der Waals surface area contributed by atoms with Crippen LogP contribution in [0, 0.1) is 0 Å². The molecule has 0 spiro atoms. The lowest BCUT2D eigenvalue weighted by molar-refractivity contribution is 0.862. The minimum atomic E-state index is 0.751. The van der Waals surface area contributed by atoms with Gasteiger partial charge in [-0.1, -0.05) is 13.0 Å². The Balaban J connectivity index is 2.46. The van der Waals surface area contributed by atoms with Gasteiger partial charge in [0.15, 0.2) is 0 Å². The molecular weight excluding hydrogens is 170 g/mol. The lowest BCUT2D eigenvalue weighted by atomic mass is 10.3. The Kier molecular flexibility index (Phi) is 3.73. The highest BCUT2D eigenvalue weighted by molar-refractivity contribution is 7.09. The van der Waals surface area contributed by atoms with Crippen molar-refractivity contribution in [3.05, 3.63) is 18.5 Å². The van der Waals surface area contributed by atoms with Crippen molar-refractivity contribution in [2.45, 2.75) is 19.8 Å². The van der Waals surface area contributed by atoms with E-state index < -0.39 is 0 Å². The van der Waals surface area contributed by atoms with E-state index in [4.69, 9.17) is 0 Å². The summed E-state index contributed by atoms with van der Waals surface area (Å²) in [5.41, 5.74) is 0. The number of hydrogen-bond donors (Lipinski definition) is 1. The lowest BCUT2D eigenvalue weighted by Crippen LogP contribution is -1.97. The molecule has 1 aromatic rings. The molecule has 0 radical (unpaired) electrons. The minimum absolute atomic E-state index is 0.751. The first-order chi connectivity index (χ1) is 5.86. The Hall–Kier alpha value is -0.900. The van der Waals surface area contributed by atoms with Gasteiger partial charge in [-0.05, 0) is 6.42 Å². The third kappa shape index (κ3) is 2.62. The zero-order valence-corrected chi connectivity index (χ0v) is 8.02. The van der Waals surface area contributed by atoms with Crippen molar-refractivity contribution >= 4 is 16.7 Å². The van der Waals surface area contributed by atoms with Crippen LogP contribution < -0.4 is 5.32 Å². The van der Waals surface area contributed by atoms with Crippen molar-refractivity contribution in [3.63, 3.8) is 0 Å². The maximum absolute atomic E-state index is 4.29. The van der Waals surface area contributed by atoms with Gasteiger partial charge in [0.25, 0.3) is 0 Å². The quantitative estimate of drug-likeness (QED) is 0.710. The molecule has 0 aliphatic heterocycles. The number of aromatic nitrogens is 2. The summed E-state index contributed by atoms with van der Waals surface area (Å²) in [6.45, 7) is 6.49. The van der Waals surface area contributed by atoms with Gasteiger partial charge in [-0.15, -0.1) is 6.58 Å². The van der Waals surface area contributed by atoms with Crippen LogP contribution in [0.2, 0.25) is 0 Å². The van der Waals surface area contributed by atoms with Crippen LogP contribution in [0.4, 0.5) is 5.13 Å². The highest BCUT2D eigenvalue weighted by atomic mass is 32.1. The van der Waals surface area contributed by atoms with Crippen molar-refractivity contribution in [2.24, 2.45) is 0 Å². The van der Waals surface area contributed by atoms with E-state index in [9.17, 15) is 0 Å². The summed E-state index contributed by atoms with van der Waals surface area (Å²) in [6, 6.07) is 0. The van der Waals surface area contributed by atoms with Gasteiger partial charge in [-0.3, -0.25) is 0 Å². The topological polar surface area (TPSA) is 37.8 Å². The van der Waals surface area contributed by atoms with Crippen LogP contribution in [0.25, 0.3) is 0 Å². The molecule has 0 saturated carbocycles. The molecule has 3 nitrogen and oxygen atoms in total. The van der Waals surface area contributed by atoms with Crippen LogP contribution in [0.1, 0.15) is 19.2 Å².